The molecule has 0 aromatic heterocycles. The number of ether oxygens (including phenoxy) is 2. The van der Waals surface area contributed by atoms with Gasteiger partial charge in [-0.05, 0) is 49.1 Å². The Balaban J connectivity index is 1.98. The zero-order chi connectivity index (χ0) is 15.4. The summed E-state index contributed by atoms with van der Waals surface area (Å²) in [6.45, 7) is 5.02. The molecule has 4 heteroatoms. The summed E-state index contributed by atoms with van der Waals surface area (Å²) in [6, 6.07) is 3.16. The first-order valence-corrected chi connectivity index (χ1v) is 7.66. The normalized spacial score (nSPS) is 22.6. The molecule has 0 aliphatic heterocycles. The van der Waals surface area contributed by atoms with Crippen LogP contribution in [0.15, 0.2) is 12.1 Å². The minimum atomic E-state index is -0.881. The third-order valence-corrected chi connectivity index (χ3v) is 4.08. The monoisotopic (exact) mass is 298 g/mol. The minimum Gasteiger partial charge on any atom is -0.494 e. The standard InChI is InChI=1S/C17H24F2O2/c1-11(2)10-21-13-6-4-12(5-7-13)14-8-9-15(20-3)17(19)16(14)18/h8-9,11-13H,4-7,10H2,1-3H3. The van der Waals surface area contributed by atoms with Crippen molar-refractivity contribution in [1.82, 2.24) is 0 Å². The van der Waals surface area contributed by atoms with Crippen LogP contribution in [0.5, 0.6) is 5.75 Å². The third-order valence-electron chi connectivity index (χ3n) is 4.08. The van der Waals surface area contributed by atoms with E-state index >= 15 is 0 Å². The molecule has 0 amide bonds. The van der Waals surface area contributed by atoms with E-state index in [0.717, 1.165) is 32.3 Å². The summed E-state index contributed by atoms with van der Waals surface area (Å²) in [6.07, 6.45) is 3.75. The third kappa shape index (κ3) is 3.94. The summed E-state index contributed by atoms with van der Waals surface area (Å²) < 4.78 is 38.5. The van der Waals surface area contributed by atoms with Gasteiger partial charge in [-0.3, -0.25) is 0 Å². The van der Waals surface area contributed by atoms with Crippen LogP contribution in [-0.2, 0) is 4.74 Å². The zero-order valence-electron chi connectivity index (χ0n) is 13.0. The second-order valence-corrected chi connectivity index (χ2v) is 6.19. The second-order valence-electron chi connectivity index (χ2n) is 6.19. The van der Waals surface area contributed by atoms with Crippen LogP contribution in [0, 0.1) is 17.6 Å². The highest BCUT2D eigenvalue weighted by Gasteiger charge is 2.27. The first-order chi connectivity index (χ1) is 10.0. The van der Waals surface area contributed by atoms with Gasteiger partial charge in [0.15, 0.2) is 11.6 Å². The quantitative estimate of drug-likeness (QED) is 0.786. The van der Waals surface area contributed by atoms with Crippen LogP contribution >= 0.6 is 0 Å². The highest BCUT2D eigenvalue weighted by molar-refractivity contribution is 5.33. The van der Waals surface area contributed by atoms with Gasteiger partial charge in [-0.2, -0.15) is 4.39 Å². The van der Waals surface area contributed by atoms with Crippen LogP contribution in [0.3, 0.4) is 0 Å². The first-order valence-electron chi connectivity index (χ1n) is 7.66. The fourth-order valence-electron chi connectivity index (χ4n) is 2.89. The summed E-state index contributed by atoms with van der Waals surface area (Å²) in [5, 5.41) is 0. The summed E-state index contributed by atoms with van der Waals surface area (Å²) in [7, 11) is 1.34. The maximum atomic E-state index is 14.1. The van der Waals surface area contributed by atoms with Gasteiger partial charge in [0.1, 0.15) is 0 Å². The summed E-state index contributed by atoms with van der Waals surface area (Å²) >= 11 is 0. The molecule has 0 radical (unpaired) electrons. The minimum absolute atomic E-state index is 0.0368. The van der Waals surface area contributed by atoms with Crippen molar-refractivity contribution in [3.05, 3.63) is 29.3 Å². The molecule has 118 valence electrons. The van der Waals surface area contributed by atoms with Crippen LogP contribution in [0.4, 0.5) is 8.78 Å². The van der Waals surface area contributed by atoms with Gasteiger partial charge in [0.2, 0.25) is 5.82 Å². The molecule has 1 aliphatic rings. The van der Waals surface area contributed by atoms with E-state index in [1.807, 2.05) is 0 Å². The Kier molecular flexibility index (Phi) is 5.57. The first kappa shape index (κ1) is 16.2. The second kappa shape index (κ2) is 7.21. The van der Waals surface area contributed by atoms with E-state index in [0.29, 0.717) is 11.5 Å². The van der Waals surface area contributed by atoms with E-state index < -0.39 is 11.6 Å². The lowest BCUT2D eigenvalue weighted by Gasteiger charge is -2.29. The van der Waals surface area contributed by atoms with Gasteiger partial charge in [-0.15, -0.1) is 0 Å². The summed E-state index contributed by atoms with van der Waals surface area (Å²) in [5.74, 6) is -1.08. The Morgan fingerprint density at radius 3 is 2.33 bits per heavy atom. The lowest BCUT2D eigenvalue weighted by Crippen LogP contribution is -2.23. The molecule has 0 N–H and O–H groups in total. The molecule has 1 aliphatic carbocycles. The van der Waals surface area contributed by atoms with Crippen LogP contribution in [0.2, 0.25) is 0 Å². The number of benzene rings is 1. The van der Waals surface area contributed by atoms with Crippen molar-refractivity contribution >= 4 is 0 Å². The van der Waals surface area contributed by atoms with Crippen molar-refractivity contribution in [3.8, 4) is 5.75 Å². The lowest BCUT2D eigenvalue weighted by molar-refractivity contribution is 0.0102. The van der Waals surface area contributed by atoms with Crippen molar-refractivity contribution in [2.45, 2.75) is 51.6 Å². The molecular formula is C17H24F2O2. The van der Waals surface area contributed by atoms with Crippen molar-refractivity contribution < 1.29 is 18.3 Å². The van der Waals surface area contributed by atoms with Crippen molar-refractivity contribution in [1.29, 1.82) is 0 Å². The van der Waals surface area contributed by atoms with E-state index in [1.54, 1.807) is 6.07 Å². The predicted octanol–water partition coefficient (Wildman–Crippen LogP) is 4.67. The SMILES string of the molecule is COc1ccc(C2CCC(OCC(C)C)CC2)c(F)c1F. The Labute approximate surface area is 125 Å². The molecule has 1 aromatic carbocycles. The number of hydrogen-bond donors (Lipinski definition) is 0. The van der Waals surface area contributed by atoms with Gasteiger partial charge in [0, 0.05) is 6.61 Å². The molecule has 21 heavy (non-hydrogen) atoms. The van der Waals surface area contributed by atoms with Crippen LogP contribution < -0.4 is 4.74 Å². The molecule has 0 atom stereocenters. The number of hydrogen-bond acceptors (Lipinski definition) is 2. The van der Waals surface area contributed by atoms with E-state index in [4.69, 9.17) is 9.47 Å². The van der Waals surface area contributed by atoms with Gasteiger partial charge in [0.25, 0.3) is 0 Å². The predicted molar refractivity (Wildman–Crippen MR) is 78.7 cm³/mol. The lowest BCUT2D eigenvalue weighted by atomic mass is 9.82. The largest absolute Gasteiger partial charge is 0.494 e. The topological polar surface area (TPSA) is 18.5 Å². The van der Waals surface area contributed by atoms with Gasteiger partial charge in [-0.1, -0.05) is 19.9 Å². The van der Waals surface area contributed by atoms with Crippen LogP contribution in [0.25, 0.3) is 0 Å². The molecule has 0 heterocycles. The smallest absolute Gasteiger partial charge is 0.200 e. The highest BCUT2D eigenvalue weighted by atomic mass is 19.2. The summed E-state index contributed by atoms with van der Waals surface area (Å²) in [4.78, 5) is 0. The van der Waals surface area contributed by atoms with Crippen molar-refractivity contribution in [2.75, 3.05) is 13.7 Å². The van der Waals surface area contributed by atoms with Gasteiger partial charge in [-0.25, -0.2) is 4.39 Å². The molecular weight excluding hydrogens is 274 g/mol. The average Bonchev–Trinajstić information content (AvgIpc) is 2.48. The highest BCUT2D eigenvalue weighted by Crippen LogP contribution is 2.37. The Bertz CT molecular complexity index is 466. The zero-order valence-corrected chi connectivity index (χ0v) is 13.0. The molecule has 0 spiro atoms. The molecule has 1 saturated carbocycles. The van der Waals surface area contributed by atoms with Gasteiger partial charge < -0.3 is 9.47 Å². The van der Waals surface area contributed by atoms with Gasteiger partial charge in [0.05, 0.1) is 13.2 Å². The Morgan fingerprint density at radius 2 is 1.76 bits per heavy atom. The fraction of sp³-hybridized carbons (Fsp3) is 0.647. The Hall–Kier alpha value is -1.16. The number of halogens is 2. The molecule has 0 unspecified atom stereocenters. The van der Waals surface area contributed by atoms with E-state index in [-0.39, 0.29) is 17.8 Å². The van der Waals surface area contributed by atoms with E-state index in [2.05, 4.69) is 13.8 Å². The van der Waals surface area contributed by atoms with Crippen molar-refractivity contribution in [3.63, 3.8) is 0 Å². The maximum Gasteiger partial charge on any atom is 0.200 e. The average molecular weight is 298 g/mol. The molecule has 2 nitrogen and oxygen atoms in total. The van der Waals surface area contributed by atoms with E-state index in [9.17, 15) is 8.78 Å². The summed E-state index contributed by atoms with van der Waals surface area (Å²) in [5.41, 5.74) is 0.468. The van der Waals surface area contributed by atoms with Gasteiger partial charge >= 0.3 is 0 Å². The van der Waals surface area contributed by atoms with E-state index in [1.165, 1.54) is 13.2 Å². The molecule has 1 fully saturated rings. The molecule has 2 rings (SSSR count). The van der Waals surface area contributed by atoms with Crippen molar-refractivity contribution in [2.24, 2.45) is 5.92 Å². The number of methoxy groups -OCH3 is 1. The maximum absolute atomic E-state index is 14.1. The fourth-order valence-corrected chi connectivity index (χ4v) is 2.89. The molecule has 0 bridgehead atoms. The molecule has 1 aromatic rings. The number of rotatable bonds is 5. The van der Waals surface area contributed by atoms with Crippen LogP contribution in [-0.4, -0.2) is 19.8 Å². The molecule has 0 saturated heterocycles. The Morgan fingerprint density at radius 1 is 1.10 bits per heavy atom. The van der Waals surface area contributed by atoms with Crippen LogP contribution in [0.1, 0.15) is 51.0 Å².